The van der Waals surface area contributed by atoms with E-state index in [9.17, 15) is 13.2 Å². The number of hydrogen-bond acceptors (Lipinski definition) is 4. The first-order chi connectivity index (χ1) is 8.58. The molecule has 0 saturated heterocycles. The molecule has 19 heavy (non-hydrogen) atoms. The van der Waals surface area contributed by atoms with E-state index in [1.54, 1.807) is 12.1 Å². The summed E-state index contributed by atoms with van der Waals surface area (Å²) >= 11 is 0. The molecule has 4 nitrogen and oxygen atoms in total. The molecule has 0 heterocycles. The van der Waals surface area contributed by atoms with Gasteiger partial charge in [0.05, 0.1) is 4.90 Å². The van der Waals surface area contributed by atoms with Crippen molar-refractivity contribution in [2.75, 3.05) is 0 Å². The highest BCUT2D eigenvalue weighted by Gasteiger charge is 2.16. The molecule has 0 unspecified atom stereocenters. The molecule has 0 fully saturated rings. The number of benzene rings is 1. The van der Waals surface area contributed by atoms with Gasteiger partial charge in [0.25, 0.3) is 9.05 Å². The average molecular weight is 305 g/mol. The molecule has 0 aliphatic carbocycles. The van der Waals surface area contributed by atoms with Crippen LogP contribution in [0, 0.1) is 0 Å². The molecule has 0 atom stereocenters. The van der Waals surface area contributed by atoms with Crippen LogP contribution in [0.15, 0.2) is 29.2 Å². The second-order valence-corrected chi connectivity index (χ2v) is 7.73. The standard InChI is InChI=1S/C13H17ClO4S/c1-13(2,3)18-12(15)9-6-10-4-7-11(8-5-10)19(14,16)17/h4-5,7-8H,6,9H2,1-3H3. The molecule has 1 rings (SSSR count). The Hall–Kier alpha value is -1.07. The zero-order chi connectivity index (χ0) is 14.7. The van der Waals surface area contributed by atoms with Gasteiger partial charge in [0.1, 0.15) is 5.60 Å². The number of rotatable bonds is 4. The van der Waals surface area contributed by atoms with Crippen LogP contribution in [0.5, 0.6) is 0 Å². The van der Waals surface area contributed by atoms with Crippen molar-refractivity contribution < 1.29 is 17.9 Å². The molecule has 1 aromatic rings. The summed E-state index contributed by atoms with van der Waals surface area (Å²) in [5, 5.41) is 0. The fraction of sp³-hybridized carbons (Fsp3) is 0.462. The number of hydrogen-bond donors (Lipinski definition) is 0. The Morgan fingerprint density at radius 3 is 2.16 bits per heavy atom. The van der Waals surface area contributed by atoms with Crippen LogP contribution in [0.4, 0.5) is 0 Å². The number of carbonyl (C=O) groups excluding carboxylic acids is 1. The normalized spacial score (nSPS) is 12.2. The van der Waals surface area contributed by atoms with Crippen LogP contribution in [0.2, 0.25) is 0 Å². The minimum atomic E-state index is -3.69. The minimum absolute atomic E-state index is 0.0511. The molecule has 0 amide bonds. The Kier molecular flexibility index (Phi) is 4.98. The lowest BCUT2D eigenvalue weighted by atomic mass is 10.1. The molecule has 6 heteroatoms. The van der Waals surface area contributed by atoms with Gasteiger partial charge in [-0.1, -0.05) is 12.1 Å². The summed E-state index contributed by atoms with van der Waals surface area (Å²) < 4.78 is 27.3. The molecule has 0 aromatic heterocycles. The number of aryl methyl sites for hydroxylation is 1. The van der Waals surface area contributed by atoms with Crippen LogP contribution in [0.25, 0.3) is 0 Å². The summed E-state index contributed by atoms with van der Waals surface area (Å²) in [5.41, 5.74) is 0.364. The number of ether oxygens (including phenoxy) is 1. The quantitative estimate of drug-likeness (QED) is 0.634. The largest absolute Gasteiger partial charge is 0.460 e. The molecule has 106 valence electrons. The monoisotopic (exact) mass is 304 g/mol. The molecule has 0 aliphatic heterocycles. The van der Waals surface area contributed by atoms with Crippen molar-refractivity contribution in [2.45, 2.75) is 44.1 Å². The zero-order valence-corrected chi connectivity index (χ0v) is 12.7. The summed E-state index contributed by atoms with van der Waals surface area (Å²) in [6.07, 6.45) is 0.752. The SMILES string of the molecule is CC(C)(C)OC(=O)CCc1ccc(S(=O)(=O)Cl)cc1. The van der Waals surface area contributed by atoms with Gasteiger partial charge in [-0.3, -0.25) is 4.79 Å². The van der Waals surface area contributed by atoms with E-state index in [0.717, 1.165) is 5.56 Å². The van der Waals surface area contributed by atoms with Gasteiger partial charge in [0, 0.05) is 17.1 Å². The van der Waals surface area contributed by atoms with Crippen LogP contribution < -0.4 is 0 Å². The average Bonchev–Trinajstić information content (AvgIpc) is 2.23. The van der Waals surface area contributed by atoms with E-state index in [0.29, 0.717) is 6.42 Å². The fourth-order valence-corrected chi connectivity index (χ4v) is 2.23. The lowest BCUT2D eigenvalue weighted by Gasteiger charge is -2.19. The predicted molar refractivity (Wildman–Crippen MR) is 73.6 cm³/mol. The van der Waals surface area contributed by atoms with Crippen molar-refractivity contribution in [3.63, 3.8) is 0 Å². The van der Waals surface area contributed by atoms with Crippen molar-refractivity contribution in [3.05, 3.63) is 29.8 Å². The van der Waals surface area contributed by atoms with Crippen LogP contribution in [-0.2, 0) is 25.0 Å². The molecular formula is C13H17ClO4S. The Morgan fingerprint density at radius 2 is 1.74 bits per heavy atom. The van der Waals surface area contributed by atoms with Crippen LogP contribution in [0.1, 0.15) is 32.8 Å². The maximum absolute atomic E-state index is 11.5. The number of carbonyl (C=O) groups is 1. The summed E-state index contributed by atoms with van der Waals surface area (Å²) in [6.45, 7) is 5.43. The van der Waals surface area contributed by atoms with E-state index in [2.05, 4.69) is 0 Å². The van der Waals surface area contributed by atoms with Gasteiger partial charge in [-0.2, -0.15) is 0 Å². The number of halogens is 1. The van der Waals surface area contributed by atoms with Crippen molar-refractivity contribution in [2.24, 2.45) is 0 Å². The van der Waals surface area contributed by atoms with E-state index < -0.39 is 14.7 Å². The first-order valence-corrected chi connectivity index (χ1v) is 8.14. The van der Waals surface area contributed by atoms with Crippen molar-refractivity contribution in [1.29, 1.82) is 0 Å². The summed E-state index contributed by atoms with van der Waals surface area (Å²) in [6, 6.07) is 6.12. The highest BCUT2D eigenvalue weighted by molar-refractivity contribution is 8.13. The second kappa shape index (κ2) is 5.92. The molecule has 0 radical (unpaired) electrons. The maximum Gasteiger partial charge on any atom is 0.306 e. The van der Waals surface area contributed by atoms with E-state index in [1.807, 2.05) is 20.8 Å². The van der Waals surface area contributed by atoms with Crippen molar-refractivity contribution >= 4 is 25.7 Å². The molecule has 0 bridgehead atoms. The molecule has 0 saturated carbocycles. The van der Waals surface area contributed by atoms with Gasteiger partial charge >= 0.3 is 5.97 Å². The van der Waals surface area contributed by atoms with Gasteiger partial charge in [-0.05, 0) is 44.9 Å². The smallest absolute Gasteiger partial charge is 0.306 e. The van der Waals surface area contributed by atoms with Gasteiger partial charge in [0.15, 0.2) is 0 Å². The summed E-state index contributed by atoms with van der Waals surface area (Å²) in [5.74, 6) is -0.276. The molecule has 0 N–H and O–H groups in total. The van der Waals surface area contributed by atoms with Crippen molar-refractivity contribution in [1.82, 2.24) is 0 Å². The van der Waals surface area contributed by atoms with E-state index in [1.165, 1.54) is 12.1 Å². The van der Waals surface area contributed by atoms with E-state index in [4.69, 9.17) is 15.4 Å². The topological polar surface area (TPSA) is 60.4 Å². The predicted octanol–water partition coefficient (Wildman–Crippen LogP) is 2.89. The Bertz CT molecular complexity index is 541. The van der Waals surface area contributed by atoms with Gasteiger partial charge in [0.2, 0.25) is 0 Å². The van der Waals surface area contributed by atoms with Gasteiger partial charge in [-0.15, -0.1) is 0 Å². The van der Waals surface area contributed by atoms with Gasteiger partial charge in [-0.25, -0.2) is 8.42 Å². The van der Waals surface area contributed by atoms with E-state index in [-0.39, 0.29) is 17.3 Å². The lowest BCUT2D eigenvalue weighted by molar-refractivity contribution is -0.154. The summed E-state index contributed by atoms with van der Waals surface area (Å²) in [7, 11) is 1.51. The molecule has 0 spiro atoms. The van der Waals surface area contributed by atoms with Crippen LogP contribution in [0.3, 0.4) is 0 Å². The Morgan fingerprint density at radius 1 is 1.21 bits per heavy atom. The third-order valence-electron chi connectivity index (χ3n) is 2.24. The molecule has 0 aliphatic rings. The van der Waals surface area contributed by atoms with Crippen LogP contribution >= 0.6 is 10.7 Å². The third kappa shape index (κ3) is 6.07. The van der Waals surface area contributed by atoms with E-state index >= 15 is 0 Å². The zero-order valence-electron chi connectivity index (χ0n) is 11.1. The second-order valence-electron chi connectivity index (χ2n) is 5.17. The van der Waals surface area contributed by atoms with Crippen LogP contribution in [-0.4, -0.2) is 20.0 Å². The Balaban J connectivity index is 2.58. The highest BCUT2D eigenvalue weighted by atomic mass is 35.7. The first-order valence-electron chi connectivity index (χ1n) is 5.83. The van der Waals surface area contributed by atoms with Gasteiger partial charge < -0.3 is 4.74 Å². The minimum Gasteiger partial charge on any atom is -0.460 e. The third-order valence-corrected chi connectivity index (χ3v) is 3.61. The maximum atomic E-state index is 11.5. The Labute approximate surface area is 118 Å². The highest BCUT2D eigenvalue weighted by Crippen LogP contribution is 2.16. The fourth-order valence-electron chi connectivity index (χ4n) is 1.46. The lowest BCUT2D eigenvalue weighted by Crippen LogP contribution is -2.24. The number of esters is 1. The molecule has 1 aromatic carbocycles. The van der Waals surface area contributed by atoms with Crippen molar-refractivity contribution in [3.8, 4) is 0 Å². The summed E-state index contributed by atoms with van der Waals surface area (Å²) in [4.78, 5) is 11.6. The first kappa shape index (κ1) is 16.0. The molecular weight excluding hydrogens is 288 g/mol.